The number of amides is 2. The number of carbonyl (C=O) groups is 3. The van der Waals surface area contributed by atoms with Crippen LogP contribution in [0.2, 0.25) is 0 Å². The Kier molecular flexibility index (Phi) is 6.37. The number of ketones is 1. The minimum Gasteiger partial charge on any atom is -0.486 e. The highest BCUT2D eigenvalue weighted by molar-refractivity contribution is 6.09. The normalized spacial score (nSPS) is 14.1. The number of rotatable bonds is 7. The highest BCUT2D eigenvalue weighted by Crippen LogP contribution is 2.24. The second kappa shape index (κ2) is 10.3. The third-order valence-electron chi connectivity index (χ3n) is 6.46. The van der Waals surface area contributed by atoms with Crippen molar-refractivity contribution in [1.82, 2.24) is 25.2 Å². The molecule has 0 saturated heterocycles. The number of aromatic nitrogens is 3. The smallest absolute Gasteiger partial charge is 0.270 e. The Balaban J connectivity index is 1.14. The molecule has 2 amide bonds. The van der Waals surface area contributed by atoms with Gasteiger partial charge in [-0.3, -0.25) is 14.4 Å². The molecule has 11 nitrogen and oxygen atoms in total. The van der Waals surface area contributed by atoms with Crippen LogP contribution in [0.4, 0.5) is 0 Å². The Morgan fingerprint density at radius 2 is 1.74 bits per heavy atom. The maximum Gasteiger partial charge on any atom is 0.270 e. The van der Waals surface area contributed by atoms with E-state index < -0.39 is 11.8 Å². The fourth-order valence-electron chi connectivity index (χ4n) is 4.45. The lowest BCUT2D eigenvalue weighted by Gasteiger charge is -2.17. The highest BCUT2D eigenvalue weighted by atomic mass is 16.5. The summed E-state index contributed by atoms with van der Waals surface area (Å²) >= 11 is 0. The molecule has 0 atom stereocenters. The number of ether oxygens (including phenoxy) is 1. The van der Waals surface area contributed by atoms with Crippen LogP contribution in [0.5, 0.6) is 5.75 Å². The standard InChI is InChI=1S/C28H23N7O4/c36-21-12-20-11-18(3-6-25(20)39-16-21)15-29-27(37)23-13-24(35-26(33-23)8-10-32-35)28(38)30-14-17-1-4-19(5-2-17)22-7-9-31-34-22/h1-6,8-11,13H,7,12,14-16H2,(H,29,37)(H,30,38). The van der Waals surface area contributed by atoms with E-state index in [0.717, 1.165) is 28.0 Å². The zero-order valence-electron chi connectivity index (χ0n) is 20.8. The summed E-state index contributed by atoms with van der Waals surface area (Å²) in [5.41, 5.74) is 5.08. The van der Waals surface area contributed by atoms with Crippen molar-refractivity contribution in [2.24, 2.45) is 10.2 Å². The lowest BCUT2D eigenvalue weighted by atomic mass is 10.0. The van der Waals surface area contributed by atoms with E-state index in [-0.39, 0.29) is 30.3 Å². The lowest BCUT2D eigenvalue weighted by molar-refractivity contribution is -0.121. The molecule has 0 saturated carbocycles. The van der Waals surface area contributed by atoms with Crippen molar-refractivity contribution < 1.29 is 19.1 Å². The molecule has 0 radical (unpaired) electrons. The van der Waals surface area contributed by atoms with Crippen molar-refractivity contribution >= 4 is 35.2 Å². The molecule has 11 heteroatoms. The number of carbonyl (C=O) groups excluding carboxylic acids is 3. The van der Waals surface area contributed by atoms with Crippen molar-refractivity contribution in [2.75, 3.05) is 6.61 Å². The van der Waals surface area contributed by atoms with Gasteiger partial charge in [-0.15, -0.1) is 0 Å². The molecule has 0 spiro atoms. The zero-order valence-corrected chi connectivity index (χ0v) is 20.8. The molecule has 39 heavy (non-hydrogen) atoms. The molecule has 0 bridgehead atoms. The molecular weight excluding hydrogens is 498 g/mol. The van der Waals surface area contributed by atoms with Gasteiger partial charge in [-0.1, -0.05) is 30.3 Å². The Bertz CT molecular complexity index is 1670. The van der Waals surface area contributed by atoms with Gasteiger partial charge >= 0.3 is 0 Å². The van der Waals surface area contributed by atoms with Gasteiger partial charge in [-0.25, -0.2) is 9.50 Å². The second-order valence-corrected chi connectivity index (χ2v) is 9.19. The van der Waals surface area contributed by atoms with Crippen LogP contribution in [0.3, 0.4) is 0 Å². The molecule has 0 aliphatic carbocycles. The molecule has 4 aromatic rings. The average Bonchev–Trinajstić information content (AvgIpc) is 3.67. The minimum atomic E-state index is -0.438. The van der Waals surface area contributed by atoms with E-state index in [9.17, 15) is 14.4 Å². The van der Waals surface area contributed by atoms with Crippen molar-refractivity contribution in [2.45, 2.75) is 25.9 Å². The van der Waals surface area contributed by atoms with Crippen LogP contribution in [0, 0.1) is 0 Å². The molecule has 2 aliphatic rings. The van der Waals surface area contributed by atoms with Crippen molar-refractivity contribution in [3.05, 3.63) is 94.4 Å². The van der Waals surface area contributed by atoms with Gasteiger partial charge in [-0.05, 0) is 28.8 Å². The van der Waals surface area contributed by atoms with E-state index in [1.165, 1.54) is 16.8 Å². The Labute approximate surface area is 222 Å². The molecule has 194 valence electrons. The molecule has 4 heterocycles. The second-order valence-electron chi connectivity index (χ2n) is 9.19. The number of hydrogen-bond acceptors (Lipinski definition) is 8. The van der Waals surface area contributed by atoms with Crippen LogP contribution in [0.1, 0.15) is 49.7 Å². The number of hydrogen-bond donors (Lipinski definition) is 2. The summed E-state index contributed by atoms with van der Waals surface area (Å²) in [5, 5.41) is 17.9. The number of nitrogens with one attached hydrogen (secondary N) is 2. The largest absolute Gasteiger partial charge is 0.486 e. The van der Waals surface area contributed by atoms with E-state index in [0.29, 0.717) is 30.8 Å². The zero-order chi connectivity index (χ0) is 26.8. The van der Waals surface area contributed by atoms with Gasteiger partial charge in [0.15, 0.2) is 11.4 Å². The number of benzene rings is 2. The molecule has 0 unspecified atom stereocenters. The monoisotopic (exact) mass is 521 g/mol. The Hall–Kier alpha value is -5.19. The van der Waals surface area contributed by atoms with E-state index in [1.807, 2.05) is 36.4 Å². The van der Waals surface area contributed by atoms with Gasteiger partial charge in [-0.2, -0.15) is 15.3 Å². The fourth-order valence-corrected chi connectivity index (χ4v) is 4.45. The third-order valence-corrected chi connectivity index (χ3v) is 6.46. The predicted octanol–water partition coefficient (Wildman–Crippen LogP) is 2.27. The van der Waals surface area contributed by atoms with Crippen LogP contribution in [-0.4, -0.2) is 50.7 Å². The first kappa shape index (κ1) is 24.2. The molecule has 6 rings (SSSR count). The fraction of sp³-hybridized carbons (Fsp3) is 0.179. The molecule has 2 aliphatic heterocycles. The molecule has 2 aromatic heterocycles. The van der Waals surface area contributed by atoms with Crippen molar-refractivity contribution in [3.63, 3.8) is 0 Å². The van der Waals surface area contributed by atoms with E-state index in [4.69, 9.17) is 4.74 Å². The van der Waals surface area contributed by atoms with Gasteiger partial charge in [0, 0.05) is 49.8 Å². The summed E-state index contributed by atoms with van der Waals surface area (Å²) in [6.07, 6.45) is 4.29. The topological polar surface area (TPSA) is 139 Å². The summed E-state index contributed by atoms with van der Waals surface area (Å²) in [5.74, 6) is -0.134. The van der Waals surface area contributed by atoms with Crippen LogP contribution in [0.15, 0.2) is 71.0 Å². The Morgan fingerprint density at radius 3 is 2.56 bits per heavy atom. The summed E-state index contributed by atoms with van der Waals surface area (Å²) in [7, 11) is 0. The van der Waals surface area contributed by atoms with Crippen LogP contribution < -0.4 is 15.4 Å². The molecule has 0 fully saturated rings. The van der Waals surface area contributed by atoms with E-state index >= 15 is 0 Å². The quantitative estimate of drug-likeness (QED) is 0.383. The number of nitrogens with zero attached hydrogens (tertiary/aromatic N) is 5. The third kappa shape index (κ3) is 5.14. The van der Waals surface area contributed by atoms with E-state index in [1.54, 1.807) is 18.3 Å². The van der Waals surface area contributed by atoms with Crippen LogP contribution in [-0.2, 0) is 24.3 Å². The summed E-state index contributed by atoms with van der Waals surface area (Å²) < 4.78 is 6.82. The maximum atomic E-state index is 13.1. The first-order chi connectivity index (χ1) is 19.0. The summed E-state index contributed by atoms with van der Waals surface area (Å²) in [4.78, 5) is 42.2. The summed E-state index contributed by atoms with van der Waals surface area (Å²) in [6, 6.07) is 16.3. The predicted molar refractivity (Wildman–Crippen MR) is 142 cm³/mol. The first-order valence-corrected chi connectivity index (χ1v) is 12.4. The van der Waals surface area contributed by atoms with Crippen LogP contribution >= 0.6 is 0 Å². The maximum absolute atomic E-state index is 13.1. The number of Topliss-reactive ketones (excluding diaryl/α,β-unsaturated/α-hetero) is 1. The molecule has 2 aromatic carbocycles. The number of fused-ring (bicyclic) bond motifs is 2. The van der Waals surface area contributed by atoms with E-state index in [2.05, 4.69) is 30.9 Å². The van der Waals surface area contributed by atoms with Gasteiger partial charge in [0.1, 0.15) is 23.7 Å². The minimum absolute atomic E-state index is 0.0129. The van der Waals surface area contributed by atoms with Crippen molar-refractivity contribution in [1.29, 1.82) is 0 Å². The highest BCUT2D eigenvalue weighted by Gasteiger charge is 2.19. The first-order valence-electron chi connectivity index (χ1n) is 12.4. The molecule has 2 N–H and O–H groups in total. The van der Waals surface area contributed by atoms with Crippen molar-refractivity contribution in [3.8, 4) is 5.75 Å². The van der Waals surface area contributed by atoms with Gasteiger partial charge in [0.05, 0.1) is 11.9 Å². The van der Waals surface area contributed by atoms with Gasteiger partial charge in [0.25, 0.3) is 11.8 Å². The van der Waals surface area contributed by atoms with Gasteiger partial charge in [0.2, 0.25) is 0 Å². The average molecular weight is 522 g/mol. The lowest BCUT2D eigenvalue weighted by Crippen LogP contribution is -2.28. The SMILES string of the molecule is O=C1COc2ccc(CNC(=O)c3cc(C(=O)NCc4ccc(C5=NN=CC5)cc4)n4nccc4n3)cc2C1. The van der Waals surface area contributed by atoms with Crippen LogP contribution in [0.25, 0.3) is 5.65 Å². The van der Waals surface area contributed by atoms with Gasteiger partial charge < -0.3 is 15.4 Å². The molecular formula is C28H23N7O4. The Morgan fingerprint density at radius 1 is 0.949 bits per heavy atom. The summed E-state index contributed by atoms with van der Waals surface area (Å²) in [6.45, 7) is 0.599.